The van der Waals surface area contributed by atoms with E-state index in [9.17, 15) is 9.59 Å². The van der Waals surface area contributed by atoms with Gasteiger partial charge in [0.1, 0.15) is 6.10 Å². The maximum Gasteiger partial charge on any atom is 0.326 e. The molecule has 0 aliphatic carbocycles. The van der Waals surface area contributed by atoms with E-state index >= 15 is 0 Å². The van der Waals surface area contributed by atoms with Gasteiger partial charge in [0.05, 0.1) is 12.5 Å². The lowest BCUT2D eigenvalue weighted by molar-refractivity contribution is -0.127. The van der Waals surface area contributed by atoms with Crippen LogP contribution >= 0.6 is 0 Å². The first-order chi connectivity index (χ1) is 7.61. The Kier molecular flexibility index (Phi) is 2.93. The van der Waals surface area contributed by atoms with Crippen molar-refractivity contribution in [3.05, 3.63) is 12.2 Å². The molecule has 16 heavy (non-hydrogen) atoms. The minimum Gasteiger partial charge on any atom is -0.393 e. The average molecular weight is 226 g/mol. The van der Waals surface area contributed by atoms with Gasteiger partial charge in [-0.15, -0.1) is 0 Å². The molecule has 0 bridgehead atoms. The summed E-state index contributed by atoms with van der Waals surface area (Å²) < 4.78 is 5.40. The normalized spacial score (nSPS) is 34.4. The third kappa shape index (κ3) is 1.94. The maximum atomic E-state index is 11.5. The Morgan fingerprint density at radius 1 is 1.56 bits per heavy atom. The van der Waals surface area contributed by atoms with Crippen molar-refractivity contribution in [1.29, 1.82) is 0 Å². The fourth-order valence-corrected chi connectivity index (χ4v) is 1.75. The summed E-state index contributed by atoms with van der Waals surface area (Å²) >= 11 is 0. The zero-order chi connectivity index (χ0) is 11.7. The molecule has 3 atom stereocenters. The first-order valence-electron chi connectivity index (χ1n) is 5.18. The number of hydrogen-bond acceptors (Lipinski definition) is 4. The Balaban J connectivity index is 2.02. The van der Waals surface area contributed by atoms with Gasteiger partial charge in [0.2, 0.25) is 5.91 Å². The number of carbonyl (C=O) groups excluding carboxylic acids is 2. The molecule has 2 aliphatic rings. The second-order valence-electron chi connectivity index (χ2n) is 3.98. The molecule has 2 heterocycles. The Morgan fingerprint density at radius 3 is 2.94 bits per heavy atom. The van der Waals surface area contributed by atoms with Crippen LogP contribution in [0.1, 0.15) is 6.92 Å². The quantitative estimate of drug-likeness (QED) is 0.619. The summed E-state index contributed by atoms with van der Waals surface area (Å²) in [5.41, 5.74) is 0. The van der Waals surface area contributed by atoms with Crippen LogP contribution in [0.2, 0.25) is 0 Å². The summed E-state index contributed by atoms with van der Waals surface area (Å²) in [7, 11) is 0. The highest BCUT2D eigenvalue weighted by molar-refractivity contribution is 5.97. The minimum atomic E-state index is -0.493. The summed E-state index contributed by atoms with van der Waals surface area (Å²) in [6.07, 6.45) is 2.56. The Hall–Kier alpha value is -1.40. The number of hydrogen-bond donors (Lipinski definition) is 2. The lowest BCUT2D eigenvalue weighted by Gasteiger charge is -2.34. The summed E-state index contributed by atoms with van der Waals surface area (Å²) in [5.74, 6) is -0.509. The molecule has 1 saturated heterocycles. The van der Waals surface area contributed by atoms with E-state index in [4.69, 9.17) is 9.84 Å². The van der Waals surface area contributed by atoms with Crippen molar-refractivity contribution in [3.63, 3.8) is 0 Å². The van der Waals surface area contributed by atoms with Gasteiger partial charge in [-0.05, 0) is 6.08 Å². The molecule has 1 fully saturated rings. The summed E-state index contributed by atoms with van der Waals surface area (Å²) in [4.78, 5) is 24.2. The third-order valence-electron chi connectivity index (χ3n) is 2.70. The number of nitrogens with one attached hydrogen (secondary N) is 1. The van der Waals surface area contributed by atoms with E-state index in [-0.39, 0.29) is 24.5 Å². The van der Waals surface area contributed by atoms with Crippen LogP contribution in [0, 0.1) is 5.92 Å². The molecule has 0 aromatic heterocycles. The number of rotatable bonds is 2. The highest BCUT2D eigenvalue weighted by atomic mass is 16.5. The summed E-state index contributed by atoms with van der Waals surface area (Å²) in [6, 6.07) is -0.448. The molecule has 6 nitrogen and oxygen atoms in total. The Bertz CT molecular complexity index is 342. The van der Waals surface area contributed by atoms with E-state index in [2.05, 4.69) is 5.32 Å². The fraction of sp³-hybridized carbons (Fsp3) is 0.600. The van der Waals surface area contributed by atoms with E-state index < -0.39 is 12.3 Å². The first kappa shape index (κ1) is 11.1. The maximum absolute atomic E-state index is 11.5. The zero-order valence-corrected chi connectivity index (χ0v) is 8.92. The van der Waals surface area contributed by atoms with Gasteiger partial charge in [-0.3, -0.25) is 15.0 Å². The minimum absolute atomic E-state index is 0.114. The second kappa shape index (κ2) is 4.23. The van der Waals surface area contributed by atoms with Crippen molar-refractivity contribution in [2.45, 2.75) is 19.3 Å². The number of imide groups is 1. The molecule has 88 valence electrons. The monoisotopic (exact) mass is 226 g/mol. The van der Waals surface area contributed by atoms with Crippen molar-refractivity contribution >= 4 is 11.9 Å². The standard InChI is InChI=1S/C10H14N2O4/c1-6-4-12(10(15)11-9(6)14)8-3-2-7(5-13)16-8/h2-3,6-8,13H,4-5H2,1H3,(H,11,14,15). The van der Waals surface area contributed by atoms with Gasteiger partial charge < -0.3 is 9.84 Å². The molecule has 6 heteroatoms. The van der Waals surface area contributed by atoms with E-state index in [1.165, 1.54) is 4.90 Å². The molecule has 0 aromatic rings. The molecule has 2 aliphatic heterocycles. The summed E-state index contributed by atoms with van der Waals surface area (Å²) in [5, 5.41) is 11.2. The average Bonchev–Trinajstić information content (AvgIpc) is 2.71. The SMILES string of the molecule is CC1CN(C2C=CC(CO)O2)C(=O)NC1=O. The molecule has 3 amide bonds. The molecule has 3 unspecified atom stereocenters. The largest absolute Gasteiger partial charge is 0.393 e. The number of ether oxygens (including phenoxy) is 1. The molecule has 0 aromatic carbocycles. The van der Waals surface area contributed by atoms with E-state index in [1.54, 1.807) is 19.1 Å². The number of aliphatic hydroxyl groups excluding tert-OH is 1. The van der Waals surface area contributed by atoms with Gasteiger partial charge in [-0.25, -0.2) is 4.79 Å². The smallest absolute Gasteiger partial charge is 0.326 e. The number of aliphatic hydroxyl groups is 1. The number of urea groups is 1. The molecule has 0 saturated carbocycles. The van der Waals surface area contributed by atoms with Crippen LogP contribution in [0.25, 0.3) is 0 Å². The first-order valence-corrected chi connectivity index (χ1v) is 5.18. The highest BCUT2D eigenvalue weighted by Gasteiger charge is 2.35. The van der Waals surface area contributed by atoms with Crippen molar-refractivity contribution in [3.8, 4) is 0 Å². The number of amides is 3. The zero-order valence-electron chi connectivity index (χ0n) is 8.92. The van der Waals surface area contributed by atoms with Crippen LogP contribution in [-0.4, -0.2) is 47.4 Å². The van der Waals surface area contributed by atoms with Gasteiger partial charge >= 0.3 is 6.03 Å². The molecule has 0 spiro atoms. The van der Waals surface area contributed by atoms with Gasteiger partial charge in [0.15, 0.2) is 6.23 Å². The number of nitrogens with zero attached hydrogens (tertiary/aromatic N) is 1. The molecule has 2 rings (SSSR count). The Morgan fingerprint density at radius 2 is 2.31 bits per heavy atom. The molecule has 2 N–H and O–H groups in total. The van der Waals surface area contributed by atoms with E-state index in [0.29, 0.717) is 6.54 Å². The molecule has 0 radical (unpaired) electrons. The lowest BCUT2D eigenvalue weighted by Crippen LogP contribution is -2.57. The van der Waals surface area contributed by atoms with Crippen molar-refractivity contribution in [1.82, 2.24) is 10.2 Å². The van der Waals surface area contributed by atoms with Gasteiger partial charge in [-0.1, -0.05) is 13.0 Å². The van der Waals surface area contributed by atoms with Crippen LogP contribution in [0.15, 0.2) is 12.2 Å². The highest BCUT2D eigenvalue weighted by Crippen LogP contribution is 2.19. The van der Waals surface area contributed by atoms with Crippen LogP contribution < -0.4 is 5.32 Å². The predicted molar refractivity (Wildman–Crippen MR) is 54.3 cm³/mol. The fourth-order valence-electron chi connectivity index (χ4n) is 1.75. The van der Waals surface area contributed by atoms with Crippen LogP contribution in [0.3, 0.4) is 0 Å². The second-order valence-corrected chi connectivity index (χ2v) is 3.98. The topological polar surface area (TPSA) is 78.9 Å². The molecular weight excluding hydrogens is 212 g/mol. The van der Waals surface area contributed by atoms with Gasteiger partial charge in [-0.2, -0.15) is 0 Å². The van der Waals surface area contributed by atoms with Crippen LogP contribution in [0.5, 0.6) is 0 Å². The van der Waals surface area contributed by atoms with E-state index in [1.807, 2.05) is 0 Å². The van der Waals surface area contributed by atoms with Crippen LogP contribution in [-0.2, 0) is 9.53 Å². The van der Waals surface area contributed by atoms with Crippen molar-refractivity contribution in [2.75, 3.05) is 13.2 Å². The van der Waals surface area contributed by atoms with Gasteiger partial charge in [0.25, 0.3) is 0 Å². The van der Waals surface area contributed by atoms with Gasteiger partial charge in [0, 0.05) is 6.54 Å². The third-order valence-corrected chi connectivity index (χ3v) is 2.70. The predicted octanol–water partition coefficient (Wildman–Crippen LogP) is -0.552. The Labute approximate surface area is 92.9 Å². The lowest BCUT2D eigenvalue weighted by atomic mass is 10.1. The summed E-state index contributed by atoms with van der Waals surface area (Å²) in [6.45, 7) is 1.96. The molecular formula is C10H14N2O4. The van der Waals surface area contributed by atoms with E-state index in [0.717, 1.165) is 0 Å². The number of carbonyl (C=O) groups is 2. The van der Waals surface area contributed by atoms with Crippen molar-refractivity contribution in [2.24, 2.45) is 5.92 Å². The van der Waals surface area contributed by atoms with Crippen LogP contribution in [0.4, 0.5) is 4.79 Å². The van der Waals surface area contributed by atoms with Crippen molar-refractivity contribution < 1.29 is 19.4 Å².